The number of carbonyl (C=O) groups excluding carboxylic acids is 1. The fourth-order valence-corrected chi connectivity index (χ4v) is 3.88. The van der Waals surface area contributed by atoms with Crippen LogP contribution in [0, 0.1) is 5.41 Å². The quantitative estimate of drug-likeness (QED) is 0.686. The van der Waals surface area contributed by atoms with Crippen LogP contribution in [0.1, 0.15) is 12.8 Å². The molecule has 9 heteroatoms. The molecule has 3 aromatic rings. The zero-order chi connectivity index (χ0) is 18.0. The standard InChI is InChI=1S/C17H19N5O3S/c1-24-14(23)17(4-7-25-8-5-17)11-19-15-21-22-10-13(20-16(22)26-15)12-3-2-6-18-9-12/h2-3,6,9-10H,4-5,7-8,11H2,1H3,(H,19,21). The molecular weight excluding hydrogens is 354 g/mol. The number of esters is 1. The maximum atomic E-state index is 12.3. The second-order valence-corrected chi connectivity index (χ2v) is 7.20. The van der Waals surface area contributed by atoms with Gasteiger partial charge in [-0.05, 0) is 25.0 Å². The van der Waals surface area contributed by atoms with Crippen molar-refractivity contribution in [3.05, 3.63) is 30.7 Å². The fourth-order valence-electron chi connectivity index (χ4n) is 3.10. The maximum Gasteiger partial charge on any atom is 0.313 e. The van der Waals surface area contributed by atoms with E-state index in [4.69, 9.17) is 9.47 Å². The number of nitrogens with zero attached hydrogens (tertiary/aromatic N) is 4. The summed E-state index contributed by atoms with van der Waals surface area (Å²) in [6, 6.07) is 3.84. The van der Waals surface area contributed by atoms with E-state index in [2.05, 4.69) is 20.4 Å². The zero-order valence-corrected chi connectivity index (χ0v) is 15.2. The van der Waals surface area contributed by atoms with Crippen LogP contribution in [0.4, 0.5) is 5.13 Å². The molecule has 1 N–H and O–H groups in total. The molecule has 3 aromatic heterocycles. The van der Waals surface area contributed by atoms with Crippen LogP contribution in [-0.4, -0.2) is 52.4 Å². The highest BCUT2D eigenvalue weighted by Gasteiger charge is 2.41. The van der Waals surface area contributed by atoms with Crippen molar-refractivity contribution in [1.82, 2.24) is 19.6 Å². The Morgan fingerprint density at radius 1 is 1.46 bits per heavy atom. The van der Waals surface area contributed by atoms with E-state index in [0.29, 0.717) is 32.6 Å². The molecule has 0 amide bonds. The van der Waals surface area contributed by atoms with Crippen molar-refractivity contribution in [3.63, 3.8) is 0 Å². The normalized spacial score (nSPS) is 16.5. The Bertz CT molecular complexity index is 870. The molecule has 136 valence electrons. The average molecular weight is 373 g/mol. The maximum absolute atomic E-state index is 12.3. The zero-order valence-electron chi connectivity index (χ0n) is 14.3. The second kappa shape index (κ2) is 7.00. The number of aromatic nitrogens is 4. The lowest BCUT2D eigenvalue weighted by atomic mass is 9.80. The lowest BCUT2D eigenvalue weighted by molar-refractivity contribution is -0.157. The van der Waals surface area contributed by atoms with Crippen LogP contribution >= 0.6 is 11.3 Å². The molecule has 0 saturated carbocycles. The van der Waals surface area contributed by atoms with Gasteiger partial charge in [-0.25, -0.2) is 9.50 Å². The van der Waals surface area contributed by atoms with Crippen molar-refractivity contribution >= 4 is 27.4 Å². The van der Waals surface area contributed by atoms with Crippen LogP contribution in [0.2, 0.25) is 0 Å². The van der Waals surface area contributed by atoms with Gasteiger partial charge in [0.25, 0.3) is 0 Å². The third-order valence-corrected chi connectivity index (χ3v) is 5.53. The summed E-state index contributed by atoms with van der Waals surface area (Å²) in [5.74, 6) is -0.200. The van der Waals surface area contributed by atoms with E-state index in [1.54, 1.807) is 16.9 Å². The highest BCUT2D eigenvalue weighted by molar-refractivity contribution is 7.20. The van der Waals surface area contributed by atoms with E-state index in [9.17, 15) is 4.79 Å². The highest BCUT2D eigenvalue weighted by atomic mass is 32.1. The number of methoxy groups -OCH3 is 1. The summed E-state index contributed by atoms with van der Waals surface area (Å²) in [6.07, 6.45) is 6.66. The lowest BCUT2D eigenvalue weighted by Crippen LogP contribution is -2.43. The summed E-state index contributed by atoms with van der Waals surface area (Å²) in [4.78, 5) is 21.8. The first-order valence-electron chi connectivity index (χ1n) is 8.37. The number of nitrogens with one attached hydrogen (secondary N) is 1. The number of rotatable bonds is 5. The summed E-state index contributed by atoms with van der Waals surface area (Å²) >= 11 is 1.45. The van der Waals surface area contributed by atoms with E-state index >= 15 is 0 Å². The van der Waals surface area contributed by atoms with Crippen molar-refractivity contribution < 1.29 is 14.3 Å². The molecule has 1 aliphatic rings. The van der Waals surface area contributed by atoms with Gasteiger partial charge >= 0.3 is 5.97 Å². The molecule has 8 nitrogen and oxygen atoms in total. The Hall–Kier alpha value is -2.52. The summed E-state index contributed by atoms with van der Waals surface area (Å²) in [7, 11) is 1.43. The Morgan fingerprint density at radius 3 is 3.00 bits per heavy atom. The van der Waals surface area contributed by atoms with Gasteiger partial charge in [0.15, 0.2) is 0 Å². The first kappa shape index (κ1) is 16.9. The van der Waals surface area contributed by atoms with E-state index in [1.165, 1.54) is 18.4 Å². The third-order valence-electron chi connectivity index (χ3n) is 4.65. The molecular formula is C17H19N5O3S. The van der Waals surface area contributed by atoms with E-state index in [0.717, 1.165) is 21.3 Å². The monoisotopic (exact) mass is 373 g/mol. The Kier molecular flexibility index (Phi) is 4.56. The van der Waals surface area contributed by atoms with Gasteiger partial charge in [0.05, 0.1) is 24.4 Å². The van der Waals surface area contributed by atoms with Gasteiger partial charge in [-0.2, -0.15) is 0 Å². The molecule has 0 radical (unpaired) electrons. The van der Waals surface area contributed by atoms with E-state index in [1.807, 2.05) is 18.3 Å². The molecule has 1 saturated heterocycles. The number of pyridine rings is 1. The van der Waals surface area contributed by atoms with Gasteiger partial charge < -0.3 is 14.8 Å². The van der Waals surface area contributed by atoms with Crippen molar-refractivity contribution in [2.75, 3.05) is 32.2 Å². The number of hydrogen-bond acceptors (Lipinski definition) is 8. The summed E-state index contributed by atoms with van der Waals surface area (Å²) in [5.41, 5.74) is 1.21. The van der Waals surface area contributed by atoms with Crippen LogP contribution in [-0.2, 0) is 14.3 Å². The number of fused-ring (bicyclic) bond motifs is 1. The molecule has 0 aliphatic carbocycles. The molecule has 0 atom stereocenters. The third kappa shape index (κ3) is 3.15. The Labute approximate surface area is 154 Å². The molecule has 1 aliphatic heterocycles. The number of hydrogen-bond donors (Lipinski definition) is 1. The summed E-state index contributed by atoms with van der Waals surface area (Å²) < 4.78 is 12.1. The van der Waals surface area contributed by atoms with Crippen molar-refractivity contribution in [2.24, 2.45) is 5.41 Å². The van der Waals surface area contributed by atoms with Crippen LogP contribution in [0.5, 0.6) is 0 Å². The van der Waals surface area contributed by atoms with Gasteiger partial charge in [-0.1, -0.05) is 11.3 Å². The van der Waals surface area contributed by atoms with Crippen molar-refractivity contribution in [3.8, 4) is 11.3 Å². The minimum Gasteiger partial charge on any atom is -0.469 e. The van der Waals surface area contributed by atoms with Crippen LogP contribution in [0.15, 0.2) is 30.7 Å². The topological polar surface area (TPSA) is 90.6 Å². The van der Waals surface area contributed by atoms with Crippen LogP contribution in [0.3, 0.4) is 0 Å². The summed E-state index contributed by atoms with van der Waals surface area (Å²) in [5, 5.41) is 8.52. The average Bonchev–Trinajstić information content (AvgIpc) is 3.26. The molecule has 0 aromatic carbocycles. The van der Waals surface area contributed by atoms with Gasteiger partial charge in [-0.15, -0.1) is 5.10 Å². The molecule has 4 rings (SSSR count). The van der Waals surface area contributed by atoms with Crippen molar-refractivity contribution in [2.45, 2.75) is 12.8 Å². The minimum atomic E-state index is -0.568. The first-order valence-corrected chi connectivity index (χ1v) is 9.18. The first-order chi connectivity index (χ1) is 12.7. The molecule has 1 fully saturated rings. The predicted molar refractivity (Wildman–Crippen MR) is 97.1 cm³/mol. The van der Waals surface area contributed by atoms with Crippen LogP contribution in [0.25, 0.3) is 16.2 Å². The SMILES string of the molecule is COC(=O)C1(CNc2nn3cc(-c4cccnc4)nc3s2)CCOCC1. The molecule has 0 unspecified atom stereocenters. The molecule has 0 bridgehead atoms. The number of carbonyl (C=O) groups is 1. The van der Waals surface area contributed by atoms with Gasteiger partial charge in [0.2, 0.25) is 10.1 Å². The van der Waals surface area contributed by atoms with E-state index in [-0.39, 0.29) is 5.97 Å². The van der Waals surface area contributed by atoms with E-state index < -0.39 is 5.41 Å². The number of anilines is 1. The second-order valence-electron chi connectivity index (χ2n) is 6.24. The summed E-state index contributed by atoms with van der Waals surface area (Å²) in [6.45, 7) is 1.59. The van der Waals surface area contributed by atoms with Gasteiger partial charge in [0.1, 0.15) is 0 Å². The predicted octanol–water partition coefficient (Wildman–Crippen LogP) is 2.23. The largest absolute Gasteiger partial charge is 0.469 e. The van der Waals surface area contributed by atoms with Gasteiger partial charge in [0, 0.05) is 37.7 Å². The smallest absolute Gasteiger partial charge is 0.313 e. The Morgan fingerprint density at radius 2 is 2.31 bits per heavy atom. The van der Waals surface area contributed by atoms with Crippen LogP contribution < -0.4 is 5.32 Å². The molecule has 26 heavy (non-hydrogen) atoms. The lowest BCUT2D eigenvalue weighted by Gasteiger charge is -2.34. The van der Waals surface area contributed by atoms with Crippen molar-refractivity contribution in [1.29, 1.82) is 0 Å². The highest BCUT2D eigenvalue weighted by Crippen LogP contribution is 2.33. The number of imidazole rings is 1. The Balaban J connectivity index is 1.50. The molecule has 4 heterocycles. The molecule has 0 spiro atoms. The minimum absolute atomic E-state index is 0.200. The van der Waals surface area contributed by atoms with Gasteiger partial charge in [-0.3, -0.25) is 9.78 Å². The fraction of sp³-hybridized carbons (Fsp3) is 0.412. The number of ether oxygens (including phenoxy) is 2.